The fraction of sp³-hybridized carbons (Fsp3) is 0.476. The van der Waals surface area contributed by atoms with Gasteiger partial charge in [-0.05, 0) is 75.3 Å². The van der Waals surface area contributed by atoms with E-state index < -0.39 is 11.7 Å². The highest BCUT2D eigenvalue weighted by Crippen LogP contribution is 2.32. The molecule has 0 atom stereocenters. The summed E-state index contributed by atoms with van der Waals surface area (Å²) in [5, 5.41) is 2.93. The van der Waals surface area contributed by atoms with E-state index >= 15 is 0 Å². The molecule has 1 aliphatic carbocycles. The summed E-state index contributed by atoms with van der Waals surface area (Å²) in [6, 6.07) is 5.35. The molecule has 0 unspecified atom stereocenters. The van der Waals surface area contributed by atoms with Crippen LogP contribution in [0, 0.1) is 6.92 Å². The highest BCUT2D eigenvalue weighted by atomic mass is 19.4. The predicted octanol–water partition coefficient (Wildman–Crippen LogP) is 4.88. The van der Waals surface area contributed by atoms with Gasteiger partial charge in [0.15, 0.2) is 0 Å². The van der Waals surface area contributed by atoms with Gasteiger partial charge in [-0.1, -0.05) is 12.1 Å². The lowest BCUT2D eigenvalue weighted by Gasteiger charge is -2.18. The maximum Gasteiger partial charge on any atom is 0.416 e. The topological polar surface area (TPSA) is 34.0 Å². The van der Waals surface area contributed by atoms with Crippen LogP contribution < -0.4 is 5.32 Å². The number of nitrogens with zero attached hydrogens (tertiary/aromatic N) is 1. The van der Waals surface area contributed by atoms with Crippen LogP contribution in [0.15, 0.2) is 24.3 Å². The van der Waals surface area contributed by atoms with E-state index in [-0.39, 0.29) is 18.5 Å². The first-order valence-electron chi connectivity index (χ1n) is 9.36. The summed E-state index contributed by atoms with van der Waals surface area (Å²) in [5.74, 6) is -0.163. The van der Waals surface area contributed by atoms with Crippen molar-refractivity contribution in [3.8, 4) is 0 Å². The average Bonchev–Trinajstić information content (AvgIpc) is 2.86. The fourth-order valence-electron chi connectivity index (χ4n) is 3.90. The van der Waals surface area contributed by atoms with E-state index in [0.29, 0.717) is 11.3 Å². The molecule has 0 bridgehead atoms. The summed E-state index contributed by atoms with van der Waals surface area (Å²) in [7, 11) is 0. The zero-order chi connectivity index (χ0) is 19.8. The van der Waals surface area contributed by atoms with Gasteiger partial charge in [0.1, 0.15) is 5.69 Å². The van der Waals surface area contributed by atoms with Crippen molar-refractivity contribution in [2.75, 3.05) is 0 Å². The van der Waals surface area contributed by atoms with Gasteiger partial charge in [0.25, 0.3) is 5.91 Å². The lowest BCUT2D eigenvalue weighted by atomic mass is 9.95. The van der Waals surface area contributed by atoms with Gasteiger partial charge in [0.2, 0.25) is 0 Å². The highest BCUT2D eigenvalue weighted by Gasteiger charge is 2.31. The summed E-state index contributed by atoms with van der Waals surface area (Å²) in [6.07, 6.45) is -0.500. The summed E-state index contributed by atoms with van der Waals surface area (Å²) in [5.41, 5.74) is 3.69. The molecular formula is C21H25F3N2O. The monoisotopic (exact) mass is 378 g/mol. The lowest BCUT2D eigenvalue weighted by Crippen LogP contribution is -2.32. The number of carbonyl (C=O) groups excluding carboxylic acids is 1. The van der Waals surface area contributed by atoms with Gasteiger partial charge in [-0.2, -0.15) is 13.2 Å². The van der Waals surface area contributed by atoms with Crippen molar-refractivity contribution >= 4 is 5.91 Å². The van der Waals surface area contributed by atoms with E-state index in [0.717, 1.165) is 43.0 Å². The minimum atomic E-state index is -4.38. The quantitative estimate of drug-likeness (QED) is 0.808. The first-order chi connectivity index (χ1) is 12.7. The Morgan fingerprint density at radius 1 is 1.22 bits per heavy atom. The second-order valence-electron chi connectivity index (χ2n) is 7.52. The molecule has 0 saturated heterocycles. The normalized spacial score (nSPS) is 14.3. The van der Waals surface area contributed by atoms with Crippen molar-refractivity contribution in [2.24, 2.45) is 0 Å². The molecule has 1 aromatic heterocycles. The second-order valence-corrected chi connectivity index (χ2v) is 7.52. The Morgan fingerprint density at radius 2 is 1.93 bits per heavy atom. The van der Waals surface area contributed by atoms with E-state index in [4.69, 9.17) is 0 Å². The molecular weight excluding hydrogens is 353 g/mol. The van der Waals surface area contributed by atoms with Crippen molar-refractivity contribution in [2.45, 2.75) is 65.2 Å². The smallest absolute Gasteiger partial charge is 0.349 e. The van der Waals surface area contributed by atoms with Gasteiger partial charge in [-0.15, -0.1) is 0 Å². The third-order valence-corrected chi connectivity index (χ3v) is 5.07. The number of carbonyl (C=O) groups is 1. The second kappa shape index (κ2) is 7.41. The van der Waals surface area contributed by atoms with Gasteiger partial charge in [0.05, 0.1) is 5.56 Å². The molecule has 0 spiro atoms. The van der Waals surface area contributed by atoms with Crippen LogP contribution in [-0.4, -0.2) is 16.5 Å². The maximum atomic E-state index is 13.1. The Labute approximate surface area is 157 Å². The molecule has 1 N–H and O–H groups in total. The van der Waals surface area contributed by atoms with Crippen molar-refractivity contribution in [1.82, 2.24) is 9.88 Å². The molecule has 3 rings (SSSR count). The van der Waals surface area contributed by atoms with E-state index in [1.165, 1.54) is 17.7 Å². The van der Waals surface area contributed by atoms with Crippen LogP contribution in [0.25, 0.3) is 0 Å². The first kappa shape index (κ1) is 19.5. The molecule has 2 aromatic rings. The van der Waals surface area contributed by atoms with Crippen molar-refractivity contribution < 1.29 is 18.0 Å². The summed E-state index contributed by atoms with van der Waals surface area (Å²) in [4.78, 5) is 12.8. The van der Waals surface area contributed by atoms with Gasteiger partial charge < -0.3 is 9.88 Å². The summed E-state index contributed by atoms with van der Waals surface area (Å²) >= 11 is 0. The number of rotatable bonds is 4. The molecule has 146 valence electrons. The van der Waals surface area contributed by atoms with E-state index in [2.05, 4.69) is 5.32 Å². The number of halogens is 3. The number of nitrogens with one attached hydrogen (secondary N) is 1. The predicted molar refractivity (Wildman–Crippen MR) is 99.0 cm³/mol. The SMILES string of the molecule is Cc1c2c(n(Cc3cccc(C(F)(F)F)c3)c1C(=O)NC(C)C)CCCC2. The molecule has 1 amide bonds. The number of hydrogen-bond acceptors (Lipinski definition) is 1. The molecule has 1 aliphatic rings. The van der Waals surface area contributed by atoms with Crippen LogP contribution in [0.4, 0.5) is 13.2 Å². The molecule has 0 saturated carbocycles. The van der Waals surface area contributed by atoms with Gasteiger partial charge in [-0.25, -0.2) is 0 Å². The third kappa shape index (κ3) is 4.04. The third-order valence-electron chi connectivity index (χ3n) is 5.07. The summed E-state index contributed by atoms with van der Waals surface area (Å²) < 4.78 is 41.1. The number of alkyl halides is 3. The van der Waals surface area contributed by atoms with Crippen molar-refractivity contribution in [3.05, 3.63) is 57.9 Å². The van der Waals surface area contributed by atoms with E-state index in [9.17, 15) is 18.0 Å². The van der Waals surface area contributed by atoms with Crippen LogP contribution in [0.5, 0.6) is 0 Å². The number of aromatic nitrogens is 1. The molecule has 0 radical (unpaired) electrons. The molecule has 1 heterocycles. The fourth-order valence-corrected chi connectivity index (χ4v) is 3.90. The average molecular weight is 378 g/mol. The molecule has 0 fully saturated rings. The zero-order valence-electron chi connectivity index (χ0n) is 15.9. The van der Waals surface area contributed by atoms with Crippen LogP contribution >= 0.6 is 0 Å². The number of amides is 1. The van der Waals surface area contributed by atoms with Crippen molar-refractivity contribution in [3.63, 3.8) is 0 Å². The Balaban J connectivity index is 2.05. The summed E-state index contributed by atoms with van der Waals surface area (Å²) in [6.45, 7) is 6.00. The van der Waals surface area contributed by atoms with Crippen molar-refractivity contribution in [1.29, 1.82) is 0 Å². The molecule has 6 heteroatoms. The molecule has 3 nitrogen and oxygen atoms in total. The number of hydrogen-bond donors (Lipinski definition) is 1. The maximum absolute atomic E-state index is 13.1. The number of fused-ring (bicyclic) bond motifs is 1. The van der Waals surface area contributed by atoms with Gasteiger partial charge in [0, 0.05) is 18.3 Å². The Hall–Kier alpha value is -2.24. The van der Waals surface area contributed by atoms with Crippen LogP contribution in [0.2, 0.25) is 0 Å². The zero-order valence-corrected chi connectivity index (χ0v) is 15.9. The molecule has 27 heavy (non-hydrogen) atoms. The van der Waals surface area contributed by atoms with Crippen LogP contribution in [-0.2, 0) is 25.6 Å². The highest BCUT2D eigenvalue weighted by molar-refractivity contribution is 5.95. The Bertz CT molecular complexity index is 850. The minimum absolute atomic E-state index is 0.00849. The van der Waals surface area contributed by atoms with Gasteiger partial charge in [-0.3, -0.25) is 4.79 Å². The van der Waals surface area contributed by atoms with E-state index in [1.54, 1.807) is 6.07 Å². The molecule has 1 aromatic carbocycles. The van der Waals surface area contributed by atoms with E-state index in [1.807, 2.05) is 25.3 Å². The Kier molecular flexibility index (Phi) is 5.36. The van der Waals surface area contributed by atoms with Crippen LogP contribution in [0.3, 0.4) is 0 Å². The first-order valence-corrected chi connectivity index (χ1v) is 9.36. The lowest BCUT2D eigenvalue weighted by molar-refractivity contribution is -0.137. The standard InChI is InChI=1S/C21H25F3N2O/c1-13(2)25-20(27)19-14(3)17-9-4-5-10-18(17)26(19)12-15-7-6-8-16(11-15)21(22,23)24/h6-8,11,13H,4-5,9-10,12H2,1-3H3,(H,25,27). The van der Waals surface area contributed by atoms with Gasteiger partial charge >= 0.3 is 6.18 Å². The van der Waals surface area contributed by atoms with Crippen LogP contribution in [0.1, 0.15) is 65.1 Å². The Morgan fingerprint density at radius 3 is 2.59 bits per heavy atom. The minimum Gasteiger partial charge on any atom is -0.349 e. The molecule has 0 aliphatic heterocycles. The largest absolute Gasteiger partial charge is 0.416 e. The number of benzene rings is 1.